The van der Waals surface area contributed by atoms with Crippen LogP contribution in [0.2, 0.25) is 0 Å². The number of aryl methyl sites for hydroxylation is 5. The van der Waals surface area contributed by atoms with Gasteiger partial charge in [-0.2, -0.15) is 10.2 Å². The van der Waals surface area contributed by atoms with Gasteiger partial charge in [-0.05, 0) is 82.6 Å². The molecule has 0 radical (unpaired) electrons. The quantitative estimate of drug-likeness (QED) is 0.0570. The van der Waals surface area contributed by atoms with E-state index in [0.29, 0.717) is 72.8 Å². The standard InChI is InChI=1S/C31H37N9O4.C7H10N2O.CH3NO/c1-5-40-25(17-20(3)37-40)29(43)36-31-34-22-18-21(28(32)42)9-10-24(22)38(31)11-6-7-12-39-27-23(35-30(39)33-4)15-19(2)16-26(27)44-14-8-13-41;1-3-9-7(5-10)4-6(2)8-9;2-1-3/h6-7,9-10,15-18,41H,5,8,11-14H2,1-4H3,(H2,32,42)(H,33,35)(H,34,36,43);4-5H,3H2,1-2H3;1H,(H2,2,3)/b7-6+;;. The summed E-state index contributed by atoms with van der Waals surface area (Å²) in [4.78, 5) is 53.4. The van der Waals surface area contributed by atoms with Gasteiger partial charge >= 0.3 is 0 Å². The normalized spacial score (nSPS) is 10.9. The topological polar surface area (TPSA) is 245 Å². The van der Waals surface area contributed by atoms with Crippen LogP contribution >= 0.6 is 0 Å². The highest BCUT2D eigenvalue weighted by atomic mass is 16.5. The van der Waals surface area contributed by atoms with Gasteiger partial charge in [0.25, 0.3) is 5.91 Å². The van der Waals surface area contributed by atoms with Crippen molar-refractivity contribution in [3.05, 3.63) is 88.5 Å². The number of amides is 3. The molecule has 18 nitrogen and oxygen atoms in total. The molecule has 0 atom stereocenters. The first-order valence-corrected chi connectivity index (χ1v) is 18.3. The SMILES string of the molecule is CCn1nc(C)cc1C(=O)Nc1nc2cc(C(N)=O)ccc2n1C/C=C/Cn1c(NC)nc2cc(C)cc(OCCCO)c21.CCn1nc(C)cc1C=O.NC=O. The number of allylic oxidation sites excluding steroid dienone is 2. The van der Waals surface area contributed by atoms with Crippen LogP contribution in [-0.2, 0) is 31.0 Å². The minimum atomic E-state index is -0.558. The van der Waals surface area contributed by atoms with Crippen molar-refractivity contribution >= 4 is 58.5 Å². The van der Waals surface area contributed by atoms with Gasteiger partial charge in [0.2, 0.25) is 24.2 Å². The summed E-state index contributed by atoms with van der Waals surface area (Å²) < 4.78 is 13.2. The smallest absolute Gasteiger partial charge is 0.276 e. The molecular formula is C39H50N12O6. The van der Waals surface area contributed by atoms with Gasteiger partial charge in [0.15, 0.2) is 6.29 Å². The Labute approximate surface area is 329 Å². The fourth-order valence-corrected chi connectivity index (χ4v) is 6.06. The molecule has 57 heavy (non-hydrogen) atoms. The predicted molar refractivity (Wildman–Crippen MR) is 217 cm³/mol. The molecule has 0 bridgehead atoms. The summed E-state index contributed by atoms with van der Waals surface area (Å²) >= 11 is 0. The largest absolute Gasteiger partial charge is 0.491 e. The zero-order valence-electron chi connectivity index (χ0n) is 33.0. The third kappa shape index (κ3) is 10.5. The van der Waals surface area contributed by atoms with Crippen LogP contribution in [-0.4, -0.2) is 88.5 Å². The average molecular weight is 783 g/mol. The molecule has 7 N–H and O–H groups in total. The fourth-order valence-electron chi connectivity index (χ4n) is 6.06. The Bertz CT molecular complexity index is 2370. The van der Waals surface area contributed by atoms with E-state index in [1.165, 1.54) is 0 Å². The van der Waals surface area contributed by atoms with Crippen LogP contribution in [0, 0.1) is 20.8 Å². The van der Waals surface area contributed by atoms with E-state index in [-0.39, 0.29) is 18.9 Å². The number of carbonyl (C=O) groups is 4. The highest BCUT2D eigenvalue weighted by molar-refractivity contribution is 6.03. The third-order valence-corrected chi connectivity index (χ3v) is 8.52. The van der Waals surface area contributed by atoms with Gasteiger partial charge in [0.05, 0.1) is 34.5 Å². The highest BCUT2D eigenvalue weighted by Gasteiger charge is 2.19. The number of aliphatic hydroxyl groups excluding tert-OH is 1. The molecule has 2 aromatic carbocycles. The maximum absolute atomic E-state index is 13.3. The van der Waals surface area contributed by atoms with Crippen LogP contribution in [0.3, 0.4) is 0 Å². The van der Waals surface area contributed by atoms with Crippen molar-refractivity contribution in [2.45, 2.75) is 67.2 Å². The molecule has 6 rings (SSSR count). The maximum atomic E-state index is 13.3. The van der Waals surface area contributed by atoms with Crippen molar-refractivity contribution in [2.75, 3.05) is 30.9 Å². The molecule has 0 aliphatic carbocycles. The monoisotopic (exact) mass is 782 g/mol. The lowest BCUT2D eigenvalue weighted by Gasteiger charge is -2.12. The molecule has 4 heterocycles. The minimum absolute atomic E-state index is 0.0514. The summed E-state index contributed by atoms with van der Waals surface area (Å²) in [5.74, 6) is 0.822. The number of nitrogens with two attached hydrogens (primary N) is 2. The summed E-state index contributed by atoms with van der Waals surface area (Å²) in [5.41, 5.74) is 16.7. The van der Waals surface area contributed by atoms with E-state index < -0.39 is 5.91 Å². The second-order valence-corrected chi connectivity index (χ2v) is 12.7. The number of rotatable bonds is 15. The van der Waals surface area contributed by atoms with E-state index in [1.807, 2.05) is 75.1 Å². The molecule has 302 valence electrons. The summed E-state index contributed by atoms with van der Waals surface area (Å²) in [6, 6.07) is 12.5. The van der Waals surface area contributed by atoms with Gasteiger partial charge in [-0.15, -0.1) is 0 Å². The summed E-state index contributed by atoms with van der Waals surface area (Å²) in [7, 11) is 1.82. The van der Waals surface area contributed by atoms with E-state index in [2.05, 4.69) is 31.5 Å². The fraction of sp³-hybridized carbons (Fsp3) is 0.333. The van der Waals surface area contributed by atoms with Crippen LogP contribution in [0.5, 0.6) is 5.75 Å². The Hall–Kier alpha value is -6.82. The molecule has 0 fully saturated rings. The third-order valence-electron chi connectivity index (χ3n) is 8.52. The zero-order chi connectivity index (χ0) is 41.6. The lowest BCUT2D eigenvalue weighted by atomic mass is 10.2. The van der Waals surface area contributed by atoms with Crippen molar-refractivity contribution in [2.24, 2.45) is 11.5 Å². The number of ether oxygens (including phenoxy) is 1. The van der Waals surface area contributed by atoms with E-state index >= 15 is 0 Å². The molecule has 6 aromatic rings. The zero-order valence-corrected chi connectivity index (χ0v) is 33.0. The van der Waals surface area contributed by atoms with E-state index in [1.54, 1.807) is 39.7 Å². The van der Waals surface area contributed by atoms with E-state index in [0.717, 1.165) is 46.3 Å². The predicted octanol–water partition coefficient (Wildman–Crippen LogP) is 3.76. The molecule has 0 aliphatic rings. The molecule has 3 amide bonds. The summed E-state index contributed by atoms with van der Waals surface area (Å²) in [6.07, 6.45) is 5.58. The van der Waals surface area contributed by atoms with E-state index in [4.69, 9.17) is 20.2 Å². The molecule has 0 saturated heterocycles. The Balaban J connectivity index is 0.000000473. The first-order chi connectivity index (χ1) is 27.4. The second-order valence-electron chi connectivity index (χ2n) is 12.7. The van der Waals surface area contributed by atoms with Crippen molar-refractivity contribution in [3.63, 3.8) is 0 Å². The highest BCUT2D eigenvalue weighted by Crippen LogP contribution is 2.31. The second kappa shape index (κ2) is 20.2. The lowest BCUT2D eigenvalue weighted by molar-refractivity contribution is -0.106. The number of aliphatic hydroxyl groups is 1. The van der Waals surface area contributed by atoms with Gasteiger partial charge in [-0.25, -0.2) is 9.97 Å². The average Bonchev–Trinajstić information content (AvgIpc) is 3.95. The molecule has 0 saturated carbocycles. The number of hydrogen-bond acceptors (Lipinski definition) is 11. The Morgan fingerprint density at radius 1 is 0.877 bits per heavy atom. The van der Waals surface area contributed by atoms with Gasteiger partial charge < -0.3 is 35.8 Å². The number of anilines is 2. The van der Waals surface area contributed by atoms with Crippen LogP contribution in [0.4, 0.5) is 11.9 Å². The van der Waals surface area contributed by atoms with Crippen LogP contribution in [0.1, 0.15) is 68.6 Å². The van der Waals surface area contributed by atoms with Crippen molar-refractivity contribution < 1.29 is 29.0 Å². The number of benzene rings is 2. The molecule has 0 unspecified atom stereocenters. The Kier molecular flexibility index (Phi) is 15.2. The molecule has 0 aliphatic heterocycles. The van der Waals surface area contributed by atoms with Gasteiger partial charge in [0, 0.05) is 51.8 Å². The summed E-state index contributed by atoms with van der Waals surface area (Å²) in [6.45, 7) is 12.2. The Morgan fingerprint density at radius 3 is 2.14 bits per heavy atom. The summed E-state index contributed by atoms with van der Waals surface area (Å²) in [5, 5.41) is 23.8. The molecule has 4 aromatic heterocycles. The Morgan fingerprint density at radius 2 is 1.53 bits per heavy atom. The van der Waals surface area contributed by atoms with Gasteiger partial charge in [0.1, 0.15) is 22.7 Å². The number of nitrogens with one attached hydrogen (secondary N) is 2. The number of fused-ring (bicyclic) bond motifs is 2. The van der Waals surface area contributed by atoms with Crippen LogP contribution in [0.25, 0.3) is 22.1 Å². The first-order valence-electron chi connectivity index (χ1n) is 18.3. The van der Waals surface area contributed by atoms with Crippen molar-refractivity contribution in [1.82, 2.24) is 38.7 Å². The van der Waals surface area contributed by atoms with Crippen LogP contribution < -0.4 is 26.8 Å². The van der Waals surface area contributed by atoms with Gasteiger partial charge in [-0.1, -0.05) is 12.2 Å². The number of aromatic nitrogens is 8. The van der Waals surface area contributed by atoms with Crippen LogP contribution in [0.15, 0.2) is 54.6 Å². The minimum Gasteiger partial charge on any atom is -0.491 e. The van der Waals surface area contributed by atoms with Crippen molar-refractivity contribution in [1.29, 1.82) is 0 Å². The first kappa shape index (κ1) is 42.9. The van der Waals surface area contributed by atoms with Gasteiger partial charge in [-0.3, -0.25) is 33.9 Å². The number of imidazole rings is 2. The molecule has 0 spiro atoms. The number of aldehydes is 1. The molecular weight excluding hydrogens is 733 g/mol. The van der Waals surface area contributed by atoms with E-state index in [9.17, 15) is 19.5 Å². The lowest BCUT2D eigenvalue weighted by Crippen LogP contribution is -2.19. The number of carbonyl (C=O) groups excluding carboxylic acids is 4. The number of primary amides is 2. The maximum Gasteiger partial charge on any atom is 0.276 e. The number of nitrogens with zero attached hydrogens (tertiary/aromatic N) is 8. The molecule has 18 heteroatoms. The van der Waals surface area contributed by atoms with Crippen molar-refractivity contribution in [3.8, 4) is 5.75 Å². The number of hydrogen-bond donors (Lipinski definition) is 5.